The first-order chi connectivity index (χ1) is 7.93. The summed E-state index contributed by atoms with van der Waals surface area (Å²) < 4.78 is 0. The maximum atomic E-state index is 11.2. The zero-order valence-electron chi connectivity index (χ0n) is 9.47. The fourth-order valence-electron chi connectivity index (χ4n) is 1.38. The molecule has 0 amide bonds. The molecule has 0 fully saturated rings. The van der Waals surface area contributed by atoms with Crippen LogP contribution in [0.1, 0.15) is 19.4 Å². The van der Waals surface area contributed by atoms with Crippen LogP contribution in [0.2, 0.25) is 0 Å². The van der Waals surface area contributed by atoms with Gasteiger partial charge in [0.25, 0.3) is 5.69 Å². The summed E-state index contributed by atoms with van der Waals surface area (Å²) in [6.45, 7) is 2.50. The summed E-state index contributed by atoms with van der Waals surface area (Å²) in [5, 5.41) is 10.7. The molecular weight excluding hydrogens is 222 g/mol. The average molecular weight is 233 g/mol. The van der Waals surface area contributed by atoms with Crippen LogP contribution in [-0.4, -0.2) is 16.5 Å². The molecule has 0 bridgehead atoms. The Bertz CT molecular complexity index is 501. The molecule has 0 radical (unpaired) electrons. The first kappa shape index (κ1) is 12.8. The number of rotatable bonds is 4. The standard InChI is InChI=1S/C12H11NO4/c1-8(14)11(9(2)15)7-10-5-3-4-6-12(10)13(16)17/h3-7H,1-2H3. The molecule has 1 rings (SSSR count). The zero-order valence-corrected chi connectivity index (χ0v) is 9.47. The van der Waals surface area contributed by atoms with E-state index in [4.69, 9.17) is 0 Å². The molecule has 1 aromatic carbocycles. The van der Waals surface area contributed by atoms with Gasteiger partial charge in [0.15, 0.2) is 11.6 Å². The first-order valence-corrected chi connectivity index (χ1v) is 4.90. The number of hydrogen-bond acceptors (Lipinski definition) is 4. The zero-order chi connectivity index (χ0) is 13.0. The molecule has 0 atom stereocenters. The van der Waals surface area contributed by atoms with Crippen LogP contribution >= 0.6 is 0 Å². The molecule has 0 aromatic heterocycles. The molecule has 0 aliphatic rings. The smallest absolute Gasteiger partial charge is 0.276 e. The highest BCUT2D eigenvalue weighted by Crippen LogP contribution is 2.21. The average Bonchev–Trinajstić information content (AvgIpc) is 2.25. The quantitative estimate of drug-likeness (QED) is 0.262. The molecule has 0 N–H and O–H groups in total. The van der Waals surface area contributed by atoms with Gasteiger partial charge in [-0.3, -0.25) is 19.7 Å². The van der Waals surface area contributed by atoms with Crippen LogP contribution in [0.5, 0.6) is 0 Å². The molecule has 0 aliphatic carbocycles. The third kappa shape index (κ3) is 3.07. The van der Waals surface area contributed by atoms with Crippen LogP contribution in [0.3, 0.4) is 0 Å². The molecule has 88 valence electrons. The summed E-state index contributed by atoms with van der Waals surface area (Å²) in [4.78, 5) is 32.6. The maximum Gasteiger partial charge on any atom is 0.276 e. The molecule has 0 saturated heterocycles. The molecule has 1 aromatic rings. The van der Waals surface area contributed by atoms with E-state index < -0.39 is 16.5 Å². The van der Waals surface area contributed by atoms with E-state index in [-0.39, 0.29) is 16.8 Å². The van der Waals surface area contributed by atoms with Gasteiger partial charge in [0.05, 0.1) is 16.1 Å². The second kappa shape index (κ2) is 5.16. The Balaban J connectivity index is 3.34. The van der Waals surface area contributed by atoms with E-state index in [1.165, 1.54) is 38.1 Å². The Kier molecular flexibility index (Phi) is 3.87. The Morgan fingerprint density at radius 1 is 1.18 bits per heavy atom. The van der Waals surface area contributed by atoms with Gasteiger partial charge in [-0.2, -0.15) is 0 Å². The molecule has 5 heteroatoms. The Morgan fingerprint density at radius 3 is 2.18 bits per heavy atom. The van der Waals surface area contributed by atoms with Gasteiger partial charge in [-0.25, -0.2) is 0 Å². The second-order valence-corrected chi connectivity index (χ2v) is 3.49. The topological polar surface area (TPSA) is 77.3 Å². The van der Waals surface area contributed by atoms with Gasteiger partial charge in [0.2, 0.25) is 0 Å². The summed E-state index contributed by atoms with van der Waals surface area (Å²) in [5.41, 5.74) is 0.0738. The van der Waals surface area contributed by atoms with Crippen molar-refractivity contribution in [1.29, 1.82) is 0 Å². The van der Waals surface area contributed by atoms with Crippen molar-refractivity contribution < 1.29 is 14.5 Å². The predicted molar refractivity (Wildman–Crippen MR) is 62.4 cm³/mol. The molecule has 17 heavy (non-hydrogen) atoms. The predicted octanol–water partition coefficient (Wildman–Crippen LogP) is 2.16. The minimum absolute atomic E-state index is 0.0423. The van der Waals surface area contributed by atoms with E-state index in [1.807, 2.05) is 0 Å². The first-order valence-electron chi connectivity index (χ1n) is 4.90. The third-order valence-corrected chi connectivity index (χ3v) is 2.19. The van der Waals surface area contributed by atoms with Crippen molar-refractivity contribution in [2.75, 3.05) is 0 Å². The van der Waals surface area contributed by atoms with Crippen LogP contribution in [-0.2, 0) is 9.59 Å². The number of nitrogens with zero attached hydrogens (tertiary/aromatic N) is 1. The number of carbonyl (C=O) groups is 2. The molecule has 5 nitrogen and oxygen atoms in total. The SMILES string of the molecule is CC(=O)C(=Cc1ccccc1[N+](=O)[O-])C(C)=O. The number of benzene rings is 1. The number of allylic oxidation sites excluding steroid dienone is 1. The summed E-state index contributed by atoms with van der Waals surface area (Å²) in [5.74, 6) is -0.814. The molecule has 0 aliphatic heterocycles. The number of Topliss-reactive ketones (excluding diaryl/α,β-unsaturated/α-hetero) is 2. The summed E-state index contributed by atoms with van der Waals surface area (Å²) in [6.07, 6.45) is 1.25. The summed E-state index contributed by atoms with van der Waals surface area (Å²) in [6, 6.07) is 5.95. The van der Waals surface area contributed by atoms with Crippen LogP contribution in [0.15, 0.2) is 29.8 Å². The van der Waals surface area contributed by atoms with Crippen molar-refractivity contribution in [2.45, 2.75) is 13.8 Å². The van der Waals surface area contributed by atoms with Crippen molar-refractivity contribution in [3.05, 3.63) is 45.5 Å². The van der Waals surface area contributed by atoms with E-state index >= 15 is 0 Å². The lowest BCUT2D eigenvalue weighted by atomic mass is 10.0. The normalized spacial score (nSPS) is 9.53. The van der Waals surface area contributed by atoms with Crippen molar-refractivity contribution in [3.63, 3.8) is 0 Å². The molecular formula is C12H11NO4. The van der Waals surface area contributed by atoms with Crippen LogP contribution in [0.4, 0.5) is 5.69 Å². The number of carbonyl (C=O) groups excluding carboxylic acids is 2. The van der Waals surface area contributed by atoms with Crippen molar-refractivity contribution in [1.82, 2.24) is 0 Å². The highest BCUT2D eigenvalue weighted by Gasteiger charge is 2.15. The van der Waals surface area contributed by atoms with Crippen LogP contribution in [0, 0.1) is 10.1 Å². The largest absolute Gasteiger partial charge is 0.294 e. The van der Waals surface area contributed by atoms with Gasteiger partial charge >= 0.3 is 0 Å². The number of para-hydroxylation sites is 1. The van der Waals surface area contributed by atoms with Gasteiger partial charge in [-0.1, -0.05) is 12.1 Å². The number of nitro benzene ring substituents is 1. The third-order valence-electron chi connectivity index (χ3n) is 2.19. The van der Waals surface area contributed by atoms with E-state index in [9.17, 15) is 19.7 Å². The number of ketones is 2. The van der Waals surface area contributed by atoms with Crippen LogP contribution < -0.4 is 0 Å². The van der Waals surface area contributed by atoms with Gasteiger partial charge in [0.1, 0.15) is 0 Å². The minimum Gasteiger partial charge on any atom is -0.294 e. The lowest BCUT2D eigenvalue weighted by molar-refractivity contribution is -0.385. The lowest BCUT2D eigenvalue weighted by Crippen LogP contribution is -2.06. The van der Waals surface area contributed by atoms with Crippen molar-refractivity contribution in [2.24, 2.45) is 0 Å². The number of nitro groups is 1. The van der Waals surface area contributed by atoms with Crippen LogP contribution in [0.25, 0.3) is 6.08 Å². The molecule has 0 spiro atoms. The maximum absolute atomic E-state index is 11.2. The second-order valence-electron chi connectivity index (χ2n) is 3.49. The Labute approximate surface area is 97.9 Å². The van der Waals surface area contributed by atoms with E-state index in [2.05, 4.69) is 0 Å². The fourth-order valence-corrected chi connectivity index (χ4v) is 1.38. The van der Waals surface area contributed by atoms with Gasteiger partial charge in [0, 0.05) is 6.07 Å². The van der Waals surface area contributed by atoms with Gasteiger partial charge in [-0.05, 0) is 26.0 Å². The Hall–Kier alpha value is -2.30. The lowest BCUT2D eigenvalue weighted by Gasteiger charge is -2.00. The highest BCUT2D eigenvalue weighted by atomic mass is 16.6. The summed E-state index contributed by atoms with van der Waals surface area (Å²) >= 11 is 0. The van der Waals surface area contributed by atoms with Gasteiger partial charge in [-0.15, -0.1) is 0 Å². The number of hydrogen-bond donors (Lipinski definition) is 0. The van der Waals surface area contributed by atoms with E-state index in [1.54, 1.807) is 6.07 Å². The van der Waals surface area contributed by atoms with Crippen molar-refractivity contribution >= 4 is 23.3 Å². The Morgan fingerprint density at radius 2 is 1.71 bits per heavy atom. The van der Waals surface area contributed by atoms with Crippen molar-refractivity contribution in [3.8, 4) is 0 Å². The summed E-state index contributed by atoms with van der Waals surface area (Å²) in [7, 11) is 0. The van der Waals surface area contributed by atoms with E-state index in [0.29, 0.717) is 0 Å². The highest BCUT2D eigenvalue weighted by molar-refractivity contribution is 6.21. The minimum atomic E-state index is -0.552. The molecule has 0 heterocycles. The fraction of sp³-hybridized carbons (Fsp3) is 0.167. The molecule has 0 saturated carbocycles. The molecule has 0 unspecified atom stereocenters. The van der Waals surface area contributed by atoms with Gasteiger partial charge < -0.3 is 0 Å². The van der Waals surface area contributed by atoms with E-state index in [0.717, 1.165) is 0 Å². The monoisotopic (exact) mass is 233 g/mol.